The van der Waals surface area contributed by atoms with Crippen LogP contribution in [0.2, 0.25) is 0 Å². The summed E-state index contributed by atoms with van der Waals surface area (Å²) in [5.74, 6) is 0.771. The molecular formula is C20H23N5O2. The summed E-state index contributed by atoms with van der Waals surface area (Å²) in [6, 6.07) is 7.81. The van der Waals surface area contributed by atoms with E-state index < -0.39 is 0 Å². The zero-order chi connectivity index (χ0) is 18.8. The summed E-state index contributed by atoms with van der Waals surface area (Å²) in [7, 11) is 1.95. The van der Waals surface area contributed by atoms with Gasteiger partial charge in [0.15, 0.2) is 5.82 Å². The molecular weight excluding hydrogens is 342 g/mol. The van der Waals surface area contributed by atoms with Crippen LogP contribution >= 0.6 is 0 Å². The SMILES string of the molecule is Cn1cncc1-c1ccc2nnc(NC(=O)C3CCC(CO)CC3)cc2c1. The van der Waals surface area contributed by atoms with Gasteiger partial charge in [0.25, 0.3) is 0 Å². The zero-order valence-corrected chi connectivity index (χ0v) is 15.3. The minimum atomic E-state index is -0.0222. The van der Waals surface area contributed by atoms with Crippen LogP contribution in [-0.2, 0) is 11.8 Å². The number of aliphatic hydroxyl groups excluding tert-OH is 1. The number of aliphatic hydroxyl groups is 1. The van der Waals surface area contributed by atoms with Gasteiger partial charge in [0.2, 0.25) is 5.91 Å². The molecule has 0 atom stereocenters. The Bertz CT molecular complexity index is 960. The molecule has 1 amide bonds. The number of aryl methyl sites for hydroxylation is 1. The minimum Gasteiger partial charge on any atom is -0.396 e. The third-order valence-corrected chi connectivity index (χ3v) is 5.42. The van der Waals surface area contributed by atoms with Crippen LogP contribution in [0.4, 0.5) is 5.82 Å². The number of nitrogens with one attached hydrogen (secondary N) is 1. The van der Waals surface area contributed by atoms with E-state index in [0.29, 0.717) is 11.7 Å². The van der Waals surface area contributed by atoms with Crippen molar-refractivity contribution in [2.75, 3.05) is 11.9 Å². The molecule has 3 aromatic rings. The number of hydrogen-bond donors (Lipinski definition) is 2. The molecule has 1 aliphatic carbocycles. The Labute approximate surface area is 157 Å². The van der Waals surface area contributed by atoms with Crippen molar-refractivity contribution < 1.29 is 9.90 Å². The molecule has 0 saturated heterocycles. The number of aromatic nitrogens is 4. The normalized spacial score (nSPS) is 19.9. The van der Waals surface area contributed by atoms with Crippen LogP contribution in [0, 0.1) is 11.8 Å². The molecule has 0 radical (unpaired) electrons. The van der Waals surface area contributed by atoms with Gasteiger partial charge in [0, 0.05) is 30.5 Å². The summed E-state index contributed by atoms with van der Waals surface area (Å²) < 4.78 is 1.96. The number of carbonyl (C=O) groups excluding carboxylic acids is 1. The van der Waals surface area contributed by atoms with Gasteiger partial charge in [-0.3, -0.25) is 4.79 Å². The number of carbonyl (C=O) groups is 1. The molecule has 2 aromatic heterocycles. The fraction of sp³-hybridized carbons (Fsp3) is 0.400. The molecule has 0 bridgehead atoms. The molecule has 4 rings (SSSR count). The van der Waals surface area contributed by atoms with Crippen molar-refractivity contribution in [3.63, 3.8) is 0 Å². The zero-order valence-electron chi connectivity index (χ0n) is 15.3. The second-order valence-electron chi connectivity index (χ2n) is 7.28. The number of amides is 1. The highest BCUT2D eigenvalue weighted by atomic mass is 16.3. The van der Waals surface area contributed by atoms with Crippen LogP contribution in [0.1, 0.15) is 25.7 Å². The van der Waals surface area contributed by atoms with Gasteiger partial charge in [-0.05, 0) is 49.8 Å². The van der Waals surface area contributed by atoms with Gasteiger partial charge in [-0.1, -0.05) is 6.07 Å². The van der Waals surface area contributed by atoms with E-state index in [1.165, 1.54) is 0 Å². The number of benzene rings is 1. The standard InChI is InChI=1S/C20H23N5O2/c1-25-12-21-10-18(25)15-6-7-17-16(8-15)9-19(24-23-17)22-20(27)14-4-2-13(11-26)3-5-14/h6-10,12-14,26H,2-5,11H2,1H3,(H,22,24,27). The van der Waals surface area contributed by atoms with Crippen molar-refractivity contribution in [2.24, 2.45) is 18.9 Å². The molecule has 0 unspecified atom stereocenters. The summed E-state index contributed by atoms with van der Waals surface area (Å²) in [5, 5.41) is 21.4. The fourth-order valence-electron chi connectivity index (χ4n) is 3.74. The summed E-state index contributed by atoms with van der Waals surface area (Å²) >= 11 is 0. The molecule has 2 N–H and O–H groups in total. The lowest BCUT2D eigenvalue weighted by molar-refractivity contribution is -0.121. The molecule has 140 valence electrons. The maximum Gasteiger partial charge on any atom is 0.228 e. The third-order valence-electron chi connectivity index (χ3n) is 5.42. The third kappa shape index (κ3) is 3.68. The van der Waals surface area contributed by atoms with Crippen LogP contribution in [0.25, 0.3) is 22.2 Å². The first-order valence-corrected chi connectivity index (χ1v) is 9.30. The number of rotatable bonds is 4. The number of hydrogen-bond acceptors (Lipinski definition) is 5. The van der Waals surface area contributed by atoms with Crippen molar-refractivity contribution in [3.8, 4) is 11.3 Å². The van der Waals surface area contributed by atoms with Gasteiger partial charge >= 0.3 is 0 Å². The van der Waals surface area contributed by atoms with Crippen LogP contribution in [0.5, 0.6) is 0 Å². The summed E-state index contributed by atoms with van der Waals surface area (Å²) in [5.41, 5.74) is 2.83. The first kappa shape index (κ1) is 17.6. The van der Waals surface area contributed by atoms with Gasteiger partial charge in [0.1, 0.15) is 0 Å². The van der Waals surface area contributed by atoms with E-state index >= 15 is 0 Å². The minimum absolute atomic E-state index is 0.0113. The Morgan fingerprint density at radius 3 is 2.74 bits per heavy atom. The van der Waals surface area contributed by atoms with E-state index in [1.807, 2.05) is 42.1 Å². The lowest BCUT2D eigenvalue weighted by atomic mass is 9.82. The van der Waals surface area contributed by atoms with Gasteiger partial charge in [-0.25, -0.2) is 4.98 Å². The Hall–Kier alpha value is -2.80. The topological polar surface area (TPSA) is 92.9 Å². The predicted molar refractivity (Wildman–Crippen MR) is 103 cm³/mol. The number of anilines is 1. The van der Waals surface area contributed by atoms with Crippen LogP contribution in [-0.4, -0.2) is 37.4 Å². The molecule has 1 aromatic carbocycles. The Balaban J connectivity index is 1.52. The largest absolute Gasteiger partial charge is 0.396 e. The first-order valence-electron chi connectivity index (χ1n) is 9.30. The average molecular weight is 365 g/mol. The van der Waals surface area contributed by atoms with E-state index in [0.717, 1.165) is 47.8 Å². The van der Waals surface area contributed by atoms with E-state index in [2.05, 4.69) is 20.5 Å². The summed E-state index contributed by atoms with van der Waals surface area (Å²) in [4.78, 5) is 16.7. The highest BCUT2D eigenvalue weighted by Crippen LogP contribution is 2.29. The maximum absolute atomic E-state index is 12.5. The molecule has 1 aliphatic rings. The molecule has 27 heavy (non-hydrogen) atoms. The van der Waals surface area contributed by atoms with Crippen molar-refractivity contribution in [3.05, 3.63) is 36.8 Å². The van der Waals surface area contributed by atoms with E-state index in [1.54, 1.807) is 6.33 Å². The second kappa shape index (κ2) is 7.44. The first-order chi connectivity index (χ1) is 13.1. The highest BCUT2D eigenvalue weighted by molar-refractivity contribution is 5.94. The van der Waals surface area contributed by atoms with Crippen LogP contribution in [0.15, 0.2) is 36.8 Å². The van der Waals surface area contributed by atoms with Crippen molar-refractivity contribution in [1.82, 2.24) is 19.7 Å². The highest BCUT2D eigenvalue weighted by Gasteiger charge is 2.26. The van der Waals surface area contributed by atoms with Crippen LogP contribution in [0.3, 0.4) is 0 Å². The quantitative estimate of drug-likeness (QED) is 0.742. The monoisotopic (exact) mass is 365 g/mol. The summed E-state index contributed by atoms with van der Waals surface area (Å²) in [6.07, 6.45) is 6.99. The van der Waals surface area contributed by atoms with Crippen LogP contribution < -0.4 is 5.32 Å². The van der Waals surface area contributed by atoms with Crippen molar-refractivity contribution >= 4 is 22.6 Å². The van der Waals surface area contributed by atoms with E-state index in [9.17, 15) is 9.90 Å². The molecule has 0 aliphatic heterocycles. The molecule has 7 heteroatoms. The van der Waals surface area contributed by atoms with Gasteiger partial charge in [-0.15, -0.1) is 10.2 Å². The van der Waals surface area contributed by atoms with Crippen molar-refractivity contribution in [2.45, 2.75) is 25.7 Å². The Morgan fingerprint density at radius 1 is 1.22 bits per heavy atom. The van der Waals surface area contributed by atoms with E-state index in [4.69, 9.17) is 0 Å². The number of nitrogens with zero attached hydrogens (tertiary/aromatic N) is 4. The smallest absolute Gasteiger partial charge is 0.228 e. The molecule has 7 nitrogen and oxygen atoms in total. The van der Waals surface area contributed by atoms with Crippen molar-refractivity contribution in [1.29, 1.82) is 0 Å². The Morgan fingerprint density at radius 2 is 2.04 bits per heavy atom. The lowest BCUT2D eigenvalue weighted by Crippen LogP contribution is -2.28. The predicted octanol–water partition coefficient (Wildman–Crippen LogP) is 2.77. The van der Waals surface area contributed by atoms with E-state index in [-0.39, 0.29) is 18.4 Å². The maximum atomic E-state index is 12.5. The Kier molecular flexibility index (Phi) is 4.85. The van der Waals surface area contributed by atoms with Gasteiger partial charge < -0.3 is 15.0 Å². The molecule has 1 fully saturated rings. The fourth-order valence-corrected chi connectivity index (χ4v) is 3.74. The number of fused-ring (bicyclic) bond motifs is 1. The number of imidazole rings is 1. The molecule has 2 heterocycles. The van der Waals surface area contributed by atoms with Gasteiger partial charge in [-0.2, -0.15) is 0 Å². The molecule has 0 spiro atoms. The average Bonchev–Trinajstić information content (AvgIpc) is 3.13. The second-order valence-corrected chi connectivity index (χ2v) is 7.28. The van der Waals surface area contributed by atoms with Gasteiger partial charge in [0.05, 0.1) is 23.7 Å². The summed E-state index contributed by atoms with van der Waals surface area (Å²) in [6.45, 7) is 0.212. The molecule has 1 saturated carbocycles. The lowest BCUT2D eigenvalue weighted by Gasteiger charge is -2.26.